The van der Waals surface area contributed by atoms with Crippen LogP contribution in [0.3, 0.4) is 0 Å². The van der Waals surface area contributed by atoms with Gasteiger partial charge in [-0.2, -0.15) is 12.6 Å². The molecule has 0 saturated heterocycles. The zero-order chi connectivity index (χ0) is 9.68. The van der Waals surface area contributed by atoms with Crippen LogP contribution in [0.4, 0.5) is 0 Å². The van der Waals surface area contributed by atoms with Crippen LogP contribution in [-0.2, 0) is 4.74 Å². The molecule has 0 aliphatic rings. The normalized spacial score (nSPS) is 9.62. The molecule has 1 N–H and O–H groups in total. The van der Waals surface area contributed by atoms with E-state index in [9.17, 15) is 4.79 Å². The molecule has 0 spiro atoms. The van der Waals surface area contributed by atoms with Gasteiger partial charge in [0.25, 0.3) is 0 Å². The van der Waals surface area contributed by atoms with E-state index in [-0.39, 0.29) is 5.75 Å². The largest absolute Gasteiger partial charge is 0.508 e. The van der Waals surface area contributed by atoms with E-state index in [1.54, 1.807) is 0 Å². The zero-order valence-electron chi connectivity index (χ0n) is 6.93. The third-order valence-corrected chi connectivity index (χ3v) is 1.61. The van der Waals surface area contributed by atoms with E-state index in [0.717, 1.165) is 0 Å². The van der Waals surface area contributed by atoms with Crippen LogP contribution in [0.1, 0.15) is 10.4 Å². The second-order valence-corrected chi connectivity index (χ2v) is 2.85. The van der Waals surface area contributed by atoms with Gasteiger partial charge in [-0.15, -0.1) is 0 Å². The maximum atomic E-state index is 11.2. The Kier molecular flexibility index (Phi) is 3.64. The number of phenols is 1. The lowest BCUT2D eigenvalue weighted by Crippen LogP contribution is -2.06. The number of hydrogen-bond acceptors (Lipinski definition) is 4. The summed E-state index contributed by atoms with van der Waals surface area (Å²) in [6.45, 7) is 0.294. The van der Waals surface area contributed by atoms with Gasteiger partial charge < -0.3 is 9.84 Å². The van der Waals surface area contributed by atoms with Crippen molar-refractivity contribution < 1.29 is 14.6 Å². The van der Waals surface area contributed by atoms with E-state index in [0.29, 0.717) is 17.9 Å². The summed E-state index contributed by atoms with van der Waals surface area (Å²) in [5, 5.41) is 8.95. The van der Waals surface area contributed by atoms with Crippen LogP contribution in [0.25, 0.3) is 0 Å². The van der Waals surface area contributed by atoms with Gasteiger partial charge in [-0.25, -0.2) is 4.79 Å². The summed E-state index contributed by atoms with van der Waals surface area (Å²) in [6, 6.07) is 5.90. The Bertz CT molecular complexity index is 281. The molecule has 0 aliphatic heterocycles. The van der Waals surface area contributed by atoms with Crippen molar-refractivity contribution in [2.45, 2.75) is 0 Å². The summed E-state index contributed by atoms with van der Waals surface area (Å²) < 4.78 is 4.82. The minimum absolute atomic E-state index is 0.130. The number of aromatic hydroxyl groups is 1. The van der Waals surface area contributed by atoms with E-state index < -0.39 is 5.97 Å². The zero-order valence-corrected chi connectivity index (χ0v) is 7.83. The van der Waals surface area contributed by atoms with Crippen molar-refractivity contribution in [1.82, 2.24) is 0 Å². The van der Waals surface area contributed by atoms with Crippen LogP contribution in [0.15, 0.2) is 24.3 Å². The van der Waals surface area contributed by atoms with Gasteiger partial charge in [-0.1, -0.05) is 0 Å². The summed E-state index contributed by atoms with van der Waals surface area (Å²) in [7, 11) is 0. The van der Waals surface area contributed by atoms with Crippen LogP contribution >= 0.6 is 12.6 Å². The van der Waals surface area contributed by atoms with Crippen LogP contribution < -0.4 is 0 Å². The third kappa shape index (κ3) is 2.99. The fourth-order valence-electron chi connectivity index (χ4n) is 0.819. The van der Waals surface area contributed by atoms with E-state index in [1.807, 2.05) is 0 Å². The number of ether oxygens (including phenoxy) is 1. The maximum Gasteiger partial charge on any atom is 0.338 e. The maximum absolute atomic E-state index is 11.2. The van der Waals surface area contributed by atoms with Crippen molar-refractivity contribution in [3.8, 4) is 5.75 Å². The molecular formula is C9H10O3S. The SMILES string of the molecule is O=C(OCCS)c1ccc(O)cc1. The van der Waals surface area contributed by atoms with Gasteiger partial charge in [0.1, 0.15) is 12.4 Å². The fourth-order valence-corrected chi connectivity index (χ4v) is 0.910. The lowest BCUT2D eigenvalue weighted by Gasteiger charge is -2.01. The van der Waals surface area contributed by atoms with Crippen molar-refractivity contribution >= 4 is 18.6 Å². The van der Waals surface area contributed by atoms with Crippen molar-refractivity contribution in [2.24, 2.45) is 0 Å². The molecule has 0 aliphatic carbocycles. The highest BCUT2D eigenvalue weighted by molar-refractivity contribution is 7.80. The molecule has 0 amide bonds. The molecule has 0 unspecified atom stereocenters. The monoisotopic (exact) mass is 198 g/mol. The first-order valence-electron chi connectivity index (χ1n) is 3.81. The average Bonchev–Trinajstić information content (AvgIpc) is 2.15. The first-order chi connectivity index (χ1) is 6.24. The standard InChI is InChI=1S/C9H10O3S/c10-8-3-1-7(2-4-8)9(11)12-5-6-13/h1-4,10,13H,5-6H2. The number of thiol groups is 1. The van der Waals surface area contributed by atoms with Crippen molar-refractivity contribution in [3.63, 3.8) is 0 Å². The van der Waals surface area contributed by atoms with Crippen molar-refractivity contribution in [2.75, 3.05) is 12.4 Å². The summed E-state index contributed by atoms with van der Waals surface area (Å²) in [6.07, 6.45) is 0. The molecule has 0 radical (unpaired) electrons. The summed E-state index contributed by atoms with van der Waals surface area (Å²) in [5.74, 6) is 0.240. The third-order valence-electron chi connectivity index (χ3n) is 1.43. The summed E-state index contributed by atoms with van der Waals surface area (Å²) >= 11 is 3.91. The lowest BCUT2D eigenvalue weighted by molar-refractivity contribution is 0.0530. The summed E-state index contributed by atoms with van der Waals surface area (Å²) in [5.41, 5.74) is 0.430. The fraction of sp³-hybridized carbons (Fsp3) is 0.222. The smallest absolute Gasteiger partial charge is 0.338 e. The molecule has 1 aromatic rings. The van der Waals surface area contributed by atoms with Crippen molar-refractivity contribution in [3.05, 3.63) is 29.8 Å². The number of carbonyl (C=O) groups excluding carboxylic acids is 1. The molecule has 1 rings (SSSR count). The Morgan fingerprint density at radius 3 is 2.54 bits per heavy atom. The highest BCUT2D eigenvalue weighted by Gasteiger charge is 2.05. The molecule has 0 bridgehead atoms. The average molecular weight is 198 g/mol. The second kappa shape index (κ2) is 4.77. The number of carbonyl (C=O) groups is 1. The molecule has 70 valence electrons. The van der Waals surface area contributed by atoms with E-state index in [1.165, 1.54) is 24.3 Å². The Morgan fingerprint density at radius 2 is 2.00 bits per heavy atom. The molecule has 1 aromatic carbocycles. The number of hydrogen-bond donors (Lipinski definition) is 2. The molecular weight excluding hydrogens is 188 g/mol. The van der Waals surface area contributed by atoms with Gasteiger partial charge in [-0.05, 0) is 24.3 Å². The van der Waals surface area contributed by atoms with Crippen LogP contribution in [0.2, 0.25) is 0 Å². The van der Waals surface area contributed by atoms with E-state index in [2.05, 4.69) is 12.6 Å². The molecule has 0 saturated carbocycles. The molecule has 4 heteroatoms. The van der Waals surface area contributed by atoms with Crippen LogP contribution in [0.5, 0.6) is 5.75 Å². The Labute approximate surface area is 81.8 Å². The molecule has 13 heavy (non-hydrogen) atoms. The lowest BCUT2D eigenvalue weighted by atomic mass is 10.2. The minimum atomic E-state index is -0.394. The predicted octanol–water partition coefficient (Wildman–Crippen LogP) is 1.48. The minimum Gasteiger partial charge on any atom is -0.508 e. The highest BCUT2D eigenvalue weighted by atomic mass is 32.1. The Balaban J connectivity index is 2.61. The van der Waals surface area contributed by atoms with Crippen molar-refractivity contribution in [1.29, 1.82) is 0 Å². The molecule has 0 fully saturated rings. The van der Waals surface area contributed by atoms with Crippen LogP contribution in [0, 0.1) is 0 Å². The first-order valence-corrected chi connectivity index (χ1v) is 4.44. The summed E-state index contributed by atoms with van der Waals surface area (Å²) in [4.78, 5) is 11.2. The Hall–Kier alpha value is -1.16. The van der Waals surface area contributed by atoms with Gasteiger partial charge in [0.05, 0.1) is 5.56 Å². The van der Waals surface area contributed by atoms with Gasteiger partial charge in [0.2, 0.25) is 0 Å². The van der Waals surface area contributed by atoms with E-state index >= 15 is 0 Å². The number of esters is 1. The quantitative estimate of drug-likeness (QED) is 0.571. The number of benzene rings is 1. The highest BCUT2D eigenvalue weighted by Crippen LogP contribution is 2.10. The number of rotatable bonds is 3. The number of phenolic OH excluding ortho intramolecular Hbond substituents is 1. The molecule has 0 heterocycles. The van der Waals surface area contributed by atoms with Gasteiger partial charge in [-0.3, -0.25) is 0 Å². The van der Waals surface area contributed by atoms with Crippen LogP contribution in [-0.4, -0.2) is 23.4 Å². The van der Waals surface area contributed by atoms with E-state index in [4.69, 9.17) is 9.84 Å². The second-order valence-electron chi connectivity index (χ2n) is 2.41. The topological polar surface area (TPSA) is 46.5 Å². The molecule has 3 nitrogen and oxygen atoms in total. The first kappa shape index (κ1) is 9.92. The van der Waals surface area contributed by atoms with Gasteiger partial charge >= 0.3 is 5.97 Å². The Morgan fingerprint density at radius 1 is 1.38 bits per heavy atom. The van der Waals surface area contributed by atoms with Gasteiger partial charge in [0.15, 0.2) is 0 Å². The molecule has 0 atom stereocenters. The van der Waals surface area contributed by atoms with Gasteiger partial charge in [0, 0.05) is 5.75 Å². The predicted molar refractivity (Wildman–Crippen MR) is 52.2 cm³/mol. The molecule has 0 aromatic heterocycles.